The normalized spacial score (nSPS) is 18.3. The van der Waals surface area contributed by atoms with E-state index in [-0.39, 0.29) is 16.4 Å². The van der Waals surface area contributed by atoms with Crippen molar-refractivity contribution in [2.24, 2.45) is 0 Å². The first-order valence-corrected chi connectivity index (χ1v) is 8.57. The molecule has 0 bridgehead atoms. The van der Waals surface area contributed by atoms with Gasteiger partial charge in [0, 0.05) is 18.5 Å². The smallest absolute Gasteiger partial charge is 0.152 e. The van der Waals surface area contributed by atoms with E-state index in [4.69, 9.17) is 0 Å². The van der Waals surface area contributed by atoms with Crippen molar-refractivity contribution in [2.45, 2.75) is 37.9 Å². The topological polar surface area (TPSA) is 46.2 Å². The molecule has 0 radical (unpaired) electrons. The third-order valence-corrected chi connectivity index (χ3v) is 6.44. The van der Waals surface area contributed by atoms with Crippen LogP contribution >= 0.6 is 0 Å². The molecule has 0 unspecified atom stereocenters. The zero-order valence-corrected chi connectivity index (χ0v) is 12.8. The Morgan fingerprint density at radius 3 is 2.37 bits per heavy atom. The van der Waals surface area contributed by atoms with Gasteiger partial charge >= 0.3 is 0 Å². The van der Waals surface area contributed by atoms with Gasteiger partial charge in [-0.25, -0.2) is 8.42 Å². The summed E-state index contributed by atoms with van der Waals surface area (Å²) in [6.07, 6.45) is 0.714. The summed E-state index contributed by atoms with van der Waals surface area (Å²) in [7, 11) is -2.96. The van der Waals surface area contributed by atoms with Gasteiger partial charge in [-0.15, -0.1) is 0 Å². The largest absolute Gasteiger partial charge is 0.315 e. The van der Waals surface area contributed by atoms with Crippen molar-refractivity contribution in [1.29, 1.82) is 0 Å². The predicted molar refractivity (Wildman–Crippen MR) is 79.3 cm³/mol. The van der Waals surface area contributed by atoms with Gasteiger partial charge in [-0.3, -0.25) is 0 Å². The van der Waals surface area contributed by atoms with E-state index in [9.17, 15) is 8.42 Å². The van der Waals surface area contributed by atoms with Gasteiger partial charge < -0.3 is 5.32 Å². The van der Waals surface area contributed by atoms with Crippen LogP contribution in [-0.4, -0.2) is 32.5 Å². The molecule has 1 aliphatic heterocycles. The fourth-order valence-electron chi connectivity index (χ4n) is 2.67. The molecule has 1 heterocycles. The first kappa shape index (κ1) is 14.5. The van der Waals surface area contributed by atoms with Crippen LogP contribution in [0.2, 0.25) is 0 Å². The van der Waals surface area contributed by atoms with Gasteiger partial charge in [0.2, 0.25) is 0 Å². The molecule has 0 amide bonds. The minimum atomic E-state index is -2.96. The van der Waals surface area contributed by atoms with Gasteiger partial charge in [0.15, 0.2) is 9.84 Å². The molecule has 1 saturated heterocycles. The molecule has 106 valence electrons. The van der Waals surface area contributed by atoms with E-state index in [1.165, 1.54) is 11.1 Å². The van der Waals surface area contributed by atoms with Crippen LogP contribution in [0.4, 0.5) is 0 Å². The number of benzene rings is 1. The Balaban J connectivity index is 2.19. The van der Waals surface area contributed by atoms with E-state index in [2.05, 4.69) is 24.4 Å². The number of sulfone groups is 1. The highest BCUT2D eigenvalue weighted by molar-refractivity contribution is 7.91. The maximum atomic E-state index is 12.0. The number of nitrogens with one attached hydrogen (secondary N) is 1. The van der Waals surface area contributed by atoms with Crippen molar-refractivity contribution < 1.29 is 8.42 Å². The van der Waals surface area contributed by atoms with Gasteiger partial charge in [0.25, 0.3) is 0 Å². The minimum Gasteiger partial charge on any atom is -0.315 e. The van der Waals surface area contributed by atoms with Crippen molar-refractivity contribution in [3.8, 4) is 0 Å². The van der Waals surface area contributed by atoms with E-state index in [0.29, 0.717) is 6.42 Å². The van der Waals surface area contributed by atoms with E-state index in [1.54, 1.807) is 13.8 Å². The summed E-state index contributed by atoms with van der Waals surface area (Å²) >= 11 is 0. The second-order valence-corrected chi connectivity index (χ2v) is 8.54. The maximum Gasteiger partial charge on any atom is 0.152 e. The van der Waals surface area contributed by atoms with Crippen molar-refractivity contribution >= 4 is 9.84 Å². The lowest BCUT2D eigenvalue weighted by Crippen LogP contribution is -2.57. The van der Waals surface area contributed by atoms with Gasteiger partial charge in [-0.2, -0.15) is 0 Å². The second-order valence-electron chi connectivity index (χ2n) is 5.86. The van der Waals surface area contributed by atoms with Crippen LogP contribution in [0.15, 0.2) is 24.3 Å². The summed E-state index contributed by atoms with van der Waals surface area (Å²) in [6, 6.07) is 8.31. The fraction of sp³-hybridized carbons (Fsp3) is 0.600. The zero-order chi connectivity index (χ0) is 14.1. The standard InChI is InChI=1S/C15H23NO2S/c1-12(2)19(17,18)9-8-15(10-16-11-15)14-7-5-4-6-13(14)3/h4-7,12,16H,8-11H2,1-3H3. The molecule has 0 atom stereocenters. The summed E-state index contributed by atoms with van der Waals surface area (Å²) in [4.78, 5) is 0. The Labute approximate surface area is 116 Å². The molecular weight excluding hydrogens is 258 g/mol. The van der Waals surface area contributed by atoms with Crippen LogP contribution in [0.3, 0.4) is 0 Å². The van der Waals surface area contributed by atoms with Gasteiger partial charge in [0.1, 0.15) is 0 Å². The molecule has 1 fully saturated rings. The summed E-state index contributed by atoms with van der Waals surface area (Å²) in [6.45, 7) is 7.38. The highest BCUT2D eigenvalue weighted by Crippen LogP contribution is 2.34. The van der Waals surface area contributed by atoms with E-state index < -0.39 is 9.84 Å². The molecule has 1 N–H and O–H groups in total. The minimum absolute atomic E-state index is 0.00725. The second kappa shape index (κ2) is 5.25. The van der Waals surface area contributed by atoms with Crippen LogP contribution in [0.25, 0.3) is 0 Å². The number of hydrogen-bond donors (Lipinski definition) is 1. The first-order chi connectivity index (χ1) is 8.87. The molecule has 0 saturated carbocycles. The average molecular weight is 281 g/mol. The molecule has 2 rings (SSSR count). The summed E-state index contributed by atoms with van der Waals surface area (Å²) in [5.74, 6) is 0.278. The van der Waals surface area contributed by atoms with E-state index in [0.717, 1.165) is 13.1 Å². The Bertz CT molecular complexity index is 545. The number of hydrogen-bond acceptors (Lipinski definition) is 3. The highest BCUT2D eigenvalue weighted by Gasteiger charge is 2.40. The summed E-state index contributed by atoms with van der Waals surface area (Å²) in [5, 5.41) is 3.02. The average Bonchev–Trinajstić information content (AvgIpc) is 2.29. The van der Waals surface area contributed by atoms with Crippen molar-refractivity contribution in [2.75, 3.05) is 18.8 Å². The maximum absolute atomic E-state index is 12.0. The molecule has 4 heteroatoms. The monoisotopic (exact) mass is 281 g/mol. The molecular formula is C15H23NO2S. The van der Waals surface area contributed by atoms with Crippen LogP contribution in [-0.2, 0) is 15.3 Å². The molecule has 0 aromatic heterocycles. The van der Waals surface area contributed by atoms with Crippen molar-refractivity contribution in [3.63, 3.8) is 0 Å². The Morgan fingerprint density at radius 2 is 1.89 bits per heavy atom. The van der Waals surface area contributed by atoms with Gasteiger partial charge in [0.05, 0.1) is 11.0 Å². The molecule has 1 aromatic carbocycles. The highest BCUT2D eigenvalue weighted by atomic mass is 32.2. The lowest BCUT2D eigenvalue weighted by molar-refractivity contribution is 0.267. The molecule has 19 heavy (non-hydrogen) atoms. The van der Waals surface area contributed by atoms with E-state index >= 15 is 0 Å². The van der Waals surface area contributed by atoms with Crippen molar-refractivity contribution in [1.82, 2.24) is 5.32 Å². The van der Waals surface area contributed by atoms with Crippen LogP contribution < -0.4 is 5.32 Å². The molecule has 3 nitrogen and oxygen atoms in total. The first-order valence-electron chi connectivity index (χ1n) is 6.86. The lowest BCUT2D eigenvalue weighted by Gasteiger charge is -2.44. The fourth-order valence-corrected chi connectivity index (χ4v) is 3.82. The van der Waals surface area contributed by atoms with Crippen LogP contribution in [0.5, 0.6) is 0 Å². The van der Waals surface area contributed by atoms with Gasteiger partial charge in [-0.1, -0.05) is 24.3 Å². The zero-order valence-electron chi connectivity index (χ0n) is 11.9. The van der Waals surface area contributed by atoms with Gasteiger partial charge in [-0.05, 0) is 38.3 Å². The Morgan fingerprint density at radius 1 is 1.26 bits per heavy atom. The predicted octanol–water partition coefficient (Wildman–Crippen LogP) is 2.05. The Kier molecular flexibility index (Phi) is 4.02. The molecule has 0 aliphatic carbocycles. The molecule has 1 aliphatic rings. The number of rotatable bonds is 5. The van der Waals surface area contributed by atoms with E-state index in [1.807, 2.05) is 12.1 Å². The number of aryl methyl sites for hydroxylation is 1. The van der Waals surface area contributed by atoms with Crippen LogP contribution in [0.1, 0.15) is 31.4 Å². The third kappa shape index (κ3) is 2.84. The summed E-state index contributed by atoms with van der Waals surface area (Å²) in [5.41, 5.74) is 2.56. The SMILES string of the molecule is Cc1ccccc1C1(CCS(=O)(=O)C(C)C)CNC1. The summed E-state index contributed by atoms with van der Waals surface area (Å²) < 4.78 is 24.0. The lowest BCUT2D eigenvalue weighted by atomic mass is 9.71. The molecule has 1 aromatic rings. The quantitative estimate of drug-likeness (QED) is 0.898. The van der Waals surface area contributed by atoms with Crippen LogP contribution in [0, 0.1) is 6.92 Å². The molecule has 0 spiro atoms. The Hall–Kier alpha value is -0.870. The van der Waals surface area contributed by atoms with Crippen molar-refractivity contribution in [3.05, 3.63) is 35.4 Å². The third-order valence-electron chi connectivity index (χ3n) is 4.23.